The predicted molar refractivity (Wildman–Crippen MR) is 27.9 cm³/mol. The van der Waals surface area contributed by atoms with Gasteiger partial charge in [0.2, 0.25) is 0 Å². The molecule has 0 unspecified atom stereocenters. The Morgan fingerprint density at radius 3 is 1.78 bits per heavy atom. The van der Waals surface area contributed by atoms with E-state index in [1.807, 2.05) is 0 Å². The molecule has 0 aromatic heterocycles. The number of carboxylic acid groups (broad SMARTS) is 2. The Labute approximate surface area is 66.0 Å². The van der Waals surface area contributed by atoms with E-state index in [-0.39, 0.29) is 18.9 Å². The summed E-state index contributed by atoms with van der Waals surface area (Å²) < 4.78 is 4.43. The first-order valence-electron chi connectivity index (χ1n) is 1.85. The second-order valence-electron chi connectivity index (χ2n) is 0.775. The molecule has 0 aliphatic carbocycles. The van der Waals surface area contributed by atoms with Crippen LogP contribution in [0.4, 0.5) is 4.79 Å². The second-order valence-corrected chi connectivity index (χ2v) is 0.775. The van der Waals surface area contributed by atoms with Crippen LogP contribution >= 0.6 is 0 Å². The molecule has 0 saturated heterocycles. The van der Waals surface area contributed by atoms with E-state index in [4.69, 9.17) is 15.0 Å². The largest absolute Gasteiger partial charge is 1.00 e. The summed E-state index contributed by atoms with van der Waals surface area (Å²) in [6.45, 7) is 3.95. The van der Waals surface area contributed by atoms with Crippen LogP contribution in [-0.2, 0) is 4.74 Å². The van der Waals surface area contributed by atoms with Gasteiger partial charge < -0.3 is 21.9 Å². The minimum Gasteiger partial charge on any atom is -0.450 e. The number of rotatable bonds is 1. The van der Waals surface area contributed by atoms with Gasteiger partial charge in [-0.1, -0.05) is 6.61 Å². The quantitative estimate of drug-likeness (QED) is 0.307. The van der Waals surface area contributed by atoms with Crippen LogP contribution in [0.3, 0.4) is 0 Å². The molecule has 0 aliphatic rings. The summed E-state index contributed by atoms with van der Waals surface area (Å²) in [6.07, 6.45) is -1.83. The molecule has 0 rings (SSSR count). The molecule has 0 saturated carbocycles. The summed E-state index contributed by atoms with van der Waals surface area (Å²) in [5.74, 6) is 0. The molecule has 0 fully saturated rings. The summed E-state index contributed by atoms with van der Waals surface area (Å²) in [7, 11) is 1.62. The van der Waals surface area contributed by atoms with Crippen molar-refractivity contribution in [1.82, 2.24) is 0 Å². The molecule has 2 N–H and O–H groups in total. The van der Waals surface area contributed by atoms with Gasteiger partial charge in [0.15, 0.2) is 0 Å². The molecule has 0 radical (unpaired) electrons. The van der Waals surface area contributed by atoms with E-state index in [2.05, 4.69) is 11.7 Å². The summed E-state index contributed by atoms with van der Waals surface area (Å²) in [4.78, 5) is 8.56. The van der Waals surface area contributed by atoms with Crippen molar-refractivity contribution in [3.63, 3.8) is 0 Å². The van der Waals surface area contributed by atoms with Gasteiger partial charge in [0.25, 0.3) is 0 Å². The molecule has 5 heteroatoms. The molecular weight excluding hydrogens is 119 g/mol. The van der Waals surface area contributed by atoms with Crippen molar-refractivity contribution in [2.45, 2.75) is 0 Å². The van der Waals surface area contributed by atoms with Crippen LogP contribution in [0.25, 0.3) is 0 Å². The number of hydrogen-bond acceptors (Lipinski definition) is 2. The van der Waals surface area contributed by atoms with Crippen LogP contribution in [0.15, 0.2) is 0 Å². The second kappa shape index (κ2) is 15.7. The third kappa shape index (κ3) is 388. The van der Waals surface area contributed by atoms with Gasteiger partial charge in [-0.05, 0) is 0 Å². The Bertz CT molecular complexity index is 50.5. The number of hydrogen-bond donors (Lipinski definition) is 2. The smallest absolute Gasteiger partial charge is 0.450 e. The predicted octanol–water partition coefficient (Wildman–Crippen LogP) is -2.31. The van der Waals surface area contributed by atoms with Gasteiger partial charge in [-0.15, -0.1) is 0 Å². The Kier molecular flexibility index (Phi) is 27.7. The Hall–Kier alpha value is -0.173. The van der Waals surface area contributed by atoms with E-state index in [1.54, 1.807) is 7.11 Å². The number of methoxy groups -OCH3 is 1. The van der Waals surface area contributed by atoms with Gasteiger partial charge in [-0.3, -0.25) is 0 Å². The van der Waals surface area contributed by atoms with E-state index in [0.717, 1.165) is 0 Å². The maximum atomic E-state index is 8.56. The average Bonchev–Trinajstić information content (AvgIpc) is 1.65. The maximum Gasteiger partial charge on any atom is 1.00 e. The van der Waals surface area contributed by atoms with Gasteiger partial charge >= 0.3 is 25.0 Å². The van der Waals surface area contributed by atoms with E-state index in [0.29, 0.717) is 6.61 Å². The monoisotopic (exact) mass is 128 g/mol. The molecule has 0 atom stereocenters. The average molecular weight is 128 g/mol. The van der Waals surface area contributed by atoms with Crippen LogP contribution in [0.1, 0.15) is 0 Å². The normalized spacial score (nSPS) is 6.00. The molecule has 0 aliphatic heterocycles. The van der Waals surface area contributed by atoms with E-state index in [1.165, 1.54) is 0 Å². The fourth-order valence-electron chi connectivity index (χ4n) is 0. The van der Waals surface area contributed by atoms with Crippen LogP contribution < -0.4 is 18.9 Å². The first-order chi connectivity index (χ1) is 3.65. The molecule has 0 heterocycles. The first kappa shape index (κ1) is 15.9. The summed E-state index contributed by atoms with van der Waals surface area (Å²) in [5, 5.41) is 13.9. The van der Waals surface area contributed by atoms with E-state index >= 15 is 0 Å². The minimum atomic E-state index is -1.83. The van der Waals surface area contributed by atoms with Gasteiger partial charge in [0.1, 0.15) is 0 Å². The molecule has 9 heavy (non-hydrogen) atoms. The Morgan fingerprint density at radius 1 is 1.67 bits per heavy atom. The third-order valence-corrected chi connectivity index (χ3v) is 0.204. The molecule has 0 aromatic carbocycles. The molecule has 0 aromatic rings. The maximum absolute atomic E-state index is 8.56. The summed E-state index contributed by atoms with van der Waals surface area (Å²) >= 11 is 0. The molecular formula is C4H9LiO4. The summed E-state index contributed by atoms with van der Waals surface area (Å²) in [5.41, 5.74) is 0. The van der Waals surface area contributed by atoms with Gasteiger partial charge in [-0.2, -0.15) is 0 Å². The van der Waals surface area contributed by atoms with Crippen molar-refractivity contribution in [3.05, 3.63) is 6.92 Å². The Morgan fingerprint density at radius 2 is 1.78 bits per heavy atom. The van der Waals surface area contributed by atoms with Crippen LogP contribution in [0.2, 0.25) is 0 Å². The molecule has 0 bridgehead atoms. The van der Waals surface area contributed by atoms with E-state index < -0.39 is 6.16 Å². The molecule has 0 amide bonds. The van der Waals surface area contributed by atoms with Crippen molar-refractivity contribution in [2.24, 2.45) is 0 Å². The first-order valence-corrected chi connectivity index (χ1v) is 1.85. The SMILES string of the molecule is O=C(O)O.[CH2-]COC.[Li+]. The van der Waals surface area contributed by atoms with Crippen molar-refractivity contribution in [2.75, 3.05) is 13.7 Å². The van der Waals surface area contributed by atoms with Crippen molar-refractivity contribution in [1.29, 1.82) is 0 Å². The Balaban J connectivity index is -0.0000000720. The molecule has 50 valence electrons. The van der Waals surface area contributed by atoms with Crippen molar-refractivity contribution >= 4 is 6.16 Å². The minimum absolute atomic E-state index is 0. The van der Waals surface area contributed by atoms with Crippen LogP contribution in [-0.4, -0.2) is 30.1 Å². The standard InChI is InChI=1S/C3H7O.CH2O3.Li/c1-3-4-2;2-1(3)4;/h1,3H2,2H3;(H2,2,3,4);/q-1;;+1. The zero-order chi connectivity index (χ0) is 6.99. The number of carbonyl (C=O) groups is 1. The van der Waals surface area contributed by atoms with Gasteiger partial charge in [0, 0.05) is 7.11 Å². The van der Waals surface area contributed by atoms with Crippen LogP contribution in [0, 0.1) is 6.92 Å². The van der Waals surface area contributed by atoms with Crippen LogP contribution in [0.5, 0.6) is 0 Å². The van der Waals surface area contributed by atoms with E-state index in [9.17, 15) is 0 Å². The van der Waals surface area contributed by atoms with Crippen molar-refractivity contribution < 1.29 is 38.6 Å². The summed E-state index contributed by atoms with van der Waals surface area (Å²) in [6, 6.07) is 0. The van der Waals surface area contributed by atoms with Gasteiger partial charge in [0.05, 0.1) is 0 Å². The molecule has 0 spiro atoms. The zero-order valence-corrected chi connectivity index (χ0v) is 5.63. The molecule has 4 nitrogen and oxygen atoms in total. The van der Waals surface area contributed by atoms with Gasteiger partial charge in [-0.25, -0.2) is 4.79 Å². The zero-order valence-electron chi connectivity index (χ0n) is 5.63. The third-order valence-electron chi connectivity index (χ3n) is 0.204. The fourth-order valence-corrected chi connectivity index (χ4v) is 0. The van der Waals surface area contributed by atoms with Crippen molar-refractivity contribution in [3.8, 4) is 0 Å². The number of ether oxygens (including phenoxy) is 1. The topological polar surface area (TPSA) is 66.8 Å². The fraction of sp³-hybridized carbons (Fsp3) is 0.500.